The van der Waals surface area contributed by atoms with Crippen molar-refractivity contribution in [3.63, 3.8) is 0 Å². The molecule has 1 unspecified atom stereocenters. The van der Waals surface area contributed by atoms with Crippen molar-refractivity contribution in [3.05, 3.63) is 93.2 Å². The highest BCUT2D eigenvalue weighted by Crippen LogP contribution is 2.31. The van der Waals surface area contributed by atoms with Crippen LogP contribution in [-0.4, -0.2) is 39.2 Å². The van der Waals surface area contributed by atoms with E-state index in [4.69, 9.17) is 0 Å². The third-order valence-corrected chi connectivity index (χ3v) is 5.08. The van der Waals surface area contributed by atoms with Gasteiger partial charge in [-0.15, -0.1) is 0 Å². The first-order chi connectivity index (χ1) is 15.3. The zero-order valence-corrected chi connectivity index (χ0v) is 17.3. The lowest BCUT2D eigenvalue weighted by molar-refractivity contribution is 0.0740. The van der Waals surface area contributed by atoms with E-state index in [0.29, 0.717) is 6.42 Å². The van der Waals surface area contributed by atoms with Gasteiger partial charge in [0.05, 0.1) is 6.20 Å². The van der Waals surface area contributed by atoms with Gasteiger partial charge in [0.15, 0.2) is 11.4 Å². The lowest BCUT2D eigenvalue weighted by atomic mass is 9.87. The normalized spacial score (nSPS) is 11.9. The molecular weight excluding hydrogens is 423 g/mol. The number of nitrogens with zero attached hydrogens (tertiary/aromatic N) is 2. The van der Waals surface area contributed by atoms with E-state index in [1.807, 2.05) is 6.92 Å². The van der Waals surface area contributed by atoms with Crippen LogP contribution in [0, 0.1) is 17.5 Å². The summed E-state index contributed by atoms with van der Waals surface area (Å²) in [4.78, 5) is 25.9. The van der Waals surface area contributed by atoms with Gasteiger partial charge in [-0.05, 0) is 42.2 Å². The van der Waals surface area contributed by atoms with Crippen molar-refractivity contribution in [2.75, 3.05) is 13.1 Å². The fraction of sp³-hybridized carbons (Fsp3) is 0.261. The Morgan fingerprint density at radius 3 is 2.47 bits per heavy atom. The predicted molar refractivity (Wildman–Crippen MR) is 112 cm³/mol. The van der Waals surface area contributed by atoms with Crippen LogP contribution >= 0.6 is 0 Å². The zero-order chi connectivity index (χ0) is 23.3. The first-order valence-corrected chi connectivity index (χ1v) is 10.1. The van der Waals surface area contributed by atoms with E-state index in [1.54, 1.807) is 6.07 Å². The first kappa shape index (κ1) is 23.1. The third-order valence-electron chi connectivity index (χ3n) is 5.08. The third kappa shape index (κ3) is 5.16. The fourth-order valence-electron chi connectivity index (χ4n) is 3.61. The number of aromatic hydroxyl groups is 1. The first-order valence-electron chi connectivity index (χ1n) is 10.1. The minimum atomic E-state index is -0.803. The van der Waals surface area contributed by atoms with Crippen LogP contribution in [0.3, 0.4) is 0 Å². The van der Waals surface area contributed by atoms with Crippen LogP contribution in [-0.2, 0) is 0 Å². The van der Waals surface area contributed by atoms with Crippen LogP contribution in [0.5, 0.6) is 5.75 Å². The van der Waals surface area contributed by atoms with Gasteiger partial charge in [-0.3, -0.25) is 14.7 Å². The molecule has 9 heteroatoms. The van der Waals surface area contributed by atoms with Crippen LogP contribution in [0.25, 0.3) is 0 Å². The second-order valence-corrected chi connectivity index (χ2v) is 7.32. The van der Waals surface area contributed by atoms with Gasteiger partial charge in [0.1, 0.15) is 17.5 Å². The van der Waals surface area contributed by atoms with Gasteiger partial charge < -0.3 is 10.0 Å². The molecule has 2 aromatic carbocycles. The van der Waals surface area contributed by atoms with Crippen molar-refractivity contribution < 1.29 is 23.1 Å². The number of hydrogen-bond donors (Lipinski definition) is 2. The summed E-state index contributed by atoms with van der Waals surface area (Å²) in [6.07, 6.45) is 1.56. The number of H-pyrrole nitrogens is 1. The Kier molecular flexibility index (Phi) is 7.29. The molecule has 3 aromatic rings. The molecule has 0 aliphatic heterocycles. The van der Waals surface area contributed by atoms with Crippen LogP contribution < -0.4 is 5.43 Å². The highest BCUT2D eigenvalue weighted by Gasteiger charge is 2.25. The molecule has 1 aromatic heterocycles. The number of carbonyl (C=O) groups is 1. The summed E-state index contributed by atoms with van der Waals surface area (Å²) in [6.45, 7) is 2.18. The topological polar surface area (TPSA) is 86.3 Å². The number of carbonyl (C=O) groups excluding carboxylic acids is 1. The molecule has 0 aliphatic carbocycles. The standard InChI is InChI=1S/C23H22F3N3O3/c1-2-8-29(23(32)21-22(31)20(30)13-27-28-21)9-7-17(18-5-3-4-6-19(18)26)14-10-15(24)12-16(25)11-14/h3-6,10-13,17H,2,7-9H2,1H3,(H,27,31)(H,28,30). The molecule has 0 aliphatic rings. The van der Waals surface area contributed by atoms with Crippen molar-refractivity contribution >= 4 is 5.91 Å². The number of nitrogens with one attached hydrogen (secondary N) is 1. The highest BCUT2D eigenvalue weighted by molar-refractivity contribution is 5.94. The Labute approximate surface area is 182 Å². The van der Waals surface area contributed by atoms with Crippen LogP contribution in [0.1, 0.15) is 47.3 Å². The predicted octanol–water partition coefficient (Wildman–Crippen LogP) is 3.97. The van der Waals surface area contributed by atoms with E-state index in [1.165, 1.54) is 23.1 Å². The summed E-state index contributed by atoms with van der Waals surface area (Å²) < 4.78 is 42.3. The molecule has 1 heterocycles. The Morgan fingerprint density at radius 2 is 1.81 bits per heavy atom. The fourth-order valence-corrected chi connectivity index (χ4v) is 3.61. The summed E-state index contributed by atoms with van der Waals surface area (Å²) in [5.74, 6) is -4.27. The van der Waals surface area contributed by atoms with Gasteiger partial charge in [-0.1, -0.05) is 25.1 Å². The molecule has 32 heavy (non-hydrogen) atoms. The molecule has 2 N–H and O–H groups in total. The largest absolute Gasteiger partial charge is 0.502 e. The van der Waals surface area contributed by atoms with E-state index in [2.05, 4.69) is 10.2 Å². The minimum Gasteiger partial charge on any atom is -0.502 e. The molecule has 6 nitrogen and oxygen atoms in total. The second kappa shape index (κ2) is 10.1. The average Bonchev–Trinajstić information content (AvgIpc) is 2.75. The second-order valence-electron chi connectivity index (χ2n) is 7.32. The monoisotopic (exact) mass is 445 g/mol. The molecule has 1 amide bonds. The molecule has 0 spiro atoms. The number of aromatic amines is 1. The summed E-state index contributed by atoms with van der Waals surface area (Å²) >= 11 is 0. The average molecular weight is 445 g/mol. The Balaban J connectivity index is 1.94. The maximum Gasteiger partial charge on any atom is 0.275 e. The smallest absolute Gasteiger partial charge is 0.275 e. The number of amides is 1. The Bertz CT molecular complexity index is 1150. The summed E-state index contributed by atoms with van der Waals surface area (Å²) in [6, 6.07) is 8.92. The van der Waals surface area contributed by atoms with Gasteiger partial charge in [0.2, 0.25) is 5.43 Å². The molecule has 0 fully saturated rings. The molecular formula is C23H22F3N3O3. The lowest BCUT2D eigenvalue weighted by Gasteiger charge is -2.26. The van der Waals surface area contributed by atoms with Crippen molar-refractivity contribution in [2.24, 2.45) is 0 Å². The van der Waals surface area contributed by atoms with Crippen molar-refractivity contribution in [1.29, 1.82) is 0 Å². The van der Waals surface area contributed by atoms with Gasteiger partial charge in [-0.2, -0.15) is 5.10 Å². The summed E-state index contributed by atoms with van der Waals surface area (Å²) in [7, 11) is 0. The minimum absolute atomic E-state index is 0.0696. The quantitative estimate of drug-likeness (QED) is 0.550. The van der Waals surface area contributed by atoms with E-state index in [9.17, 15) is 27.9 Å². The van der Waals surface area contributed by atoms with E-state index in [-0.39, 0.29) is 36.3 Å². The van der Waals surface area contributed by atoms with Crippen LogP contribution in [0.4, 0.5) is 13.2 Å². The zero-order valence-electron chi connectivity index (χ0n) is 17.3. The Hall–Kier alpha value is -3.62. The SMILES string of the molecule is CCCN(CCC(c1cc(F)cc(F)c1)c1ccccc1F)C(=O)c1[nH]ncc(=O)c1O. The van der Waals surface area contributed by atoms with Gasteiger partial charge in [0.25, 0.3) is 5.91 Å². The molecule has 3 rings (SSSR count). The van der Waals surface area contributed by atoms with Crippen molar-refractivity contribution in [3.8, 4) is 5.75 Å². The molecule has 168 valence electrons. The molecule has 1 atom stereocenters. The number of aromatic nitrogens is 2. The number of hydrogen-bond acceptors (Lipinski definition) is 4. The van der Waals surface area contributed by atoms with Gasteiger partial charge in [-0.25, -0.2) is 13.2 Å². The van der Waals surface area contributed by atoms with Crippen molar-refractivity contribution in [1.82, 2.24) is 15.1 Å². The summed E-state index contributed by atoms with van der Waals surface area (Å²) in [5.41, 5.74) is -0.693. The highest BCUT2D eigenvalue weighted by atomic mass is 19.1. The molecule has 0 radical (unpaired) electrons. The van der Waals surface area contributed by atoms with E-state index >= 15 is 0 Å². The van der Waals surface area contributed by atoms with E-state index < -0.39 is 40.5 Å². The Morgan fingerprint density at radius 1 is 1.12 bits per heavy atom. The molecule has 0 saturated carbocycles. The van der Waals surface area contributed by atoms with Crippen LogP contribution in [0.2, 0.25) is 0 Å². The van der Waals surface area contributed by atoms with E-state index in [0.717, 1.165) is 24.4 Å². The van der Waals surface area contributed by atoms with Crippen LogP contribution in [0.15, 0.2) is 53.5 Å². The molecule has 0 bridgehead atoms. The lowest BCUT2D eigenvalue weighted by Crippen LogP contribution is -2.35. The maximum absolute atomic E-state index is 14.6. The molecule has 0 saturated heterocycles. The number of halogens is 3. The maximum atomic E-state index is 14.6. The summed E-state index contributed by atoms with van der Waals surface area (Å²) in [5, 5.41) is 15.8. The number of rotatable bonds is 8. The van der Waals surface area contributed by atoms with Gasteiger partial charge >= 0.3 is 0 Å². The van der Waals surface area contributed by atoms with Crippen molar-refractivity contribution in [2.45, 2.75) is 25.7 Å². The van der Waals surface area contributed by atoms with Gasteiger partial charge in [0, 0.05) is 25.1 Å². The number of benzene rings is 2.